The zero-order valence-electron chi connectivity index (χ0n) is 14.8. The summed E-state index contributed by atoms with van der Waals surface area (Å²) in [5.74, 6) is -1.13. The summed E-state index contributed by atoms with van der Waals surface area (Å²) in [7, 11) is 1.55. The van der Waals surface area contributed by atoms with Crippen LogP contribution in [-0.2, 0) is 4.74 Å². The van der Waals surface area contributed by atoms with E-state index < -0.39 is 11.9 Å². The molecule has 0 radical (unpaired) electrons. The van der Waals surface area contributed by atoms with Gasteiger partial charge in [-0.2, -0.15) is 0 Å². The van der Waals surface area contributed by atoms with Crippen molar-refractivity contribution in [3.8, 4) is 5.75 Å². The van der Waals surface area contributed by atoms with E-state index in [-0.39, 0.29) is 17.7 Å². The van der Waals surface area contributed by atoms with E-state index in [1.54, 1.807) is 39.2 Å². The highest BCUT2D eigenvalue weighted by Crippen LogP contribution is 2.26. The predicted octanol–water partition coefficient (Wildman–Crippen LogP) is 3.93. The summed E-state index contributed by atoms with van der Waals surface area (Å²) >= 11 is 6.01. The van der Waals surface area contributed by atoms with Crippen LogP contribution in [0.1, 0.15) is 31.8 Å². The Morgan fingerprint density at radius 2 is 1.81 bits per heavy atom. The number of methoxy groups -OCH3 is 1. The largest absolute Gasteiger partial charge is 0.490 e. The average Bonchev–Trinajstić information content (AvgIpc) is 2.58. The number of rotatable bonds is 7. The van der Waals surface area contributed by atoms with E-state index in [2.05, 4.69) is 5.32 Å². The van der Waals surface area contributed by atoms with Gasteiger partial charge in [0.15, 0.2) is 0 Å². The van der Waals surface area contributed by atoms with Crippen molar-refractivity contribution in [2.24, 2.45) is 0 Å². The second-order valence-electron chi connectivity index (χ2n) is 5.72. The highest BCUT2D eigenvalue weighted by Gasteiger charge is 2.17. The van der Waals surface area contributed by atoms with Gasteiger partial charge in [-0.1, -0.05) is 17.7 Å². The van der Waals surface area contributed by atoms with E-state index in [4.69, 9.17) is 21.1 Å². The van der Waals surface area contributed by atoms with Crippen LogP contribution in [0.25, 0.3) is 0 Å². The number of carboxylic acid groups (broad SMARTS) is 1. The van der Waals surface area contributed by atoms with Crippen LogP contribution in [0, 0.1) is 13.8 Å². The van der Waals surface area contributed by atoms with Crippen molar-refractivity contribution in [1.29, 1.82) is 0 Å². The summed E-state index contributed by atoms with van der Waals surface area (Å²) in [6.45, 7) is 4.16. The van der Waals surface area contributed by atoms with E-state index in [1.807, 2.05) is 0 Å². The van der Waals surface area contributed by atoms with Gasteiger partial charge in [0.05, 0.1) is 17.7 Å². The number of hydrogen-bond donors (Lipinski definition) is 2. The lowest BCUT2D eigenvalue weighted by molar-refractivity contribution is 0.0695. The Morgan fingerprint density at radius 1 is 1.08 bits per heavy atom. The Bertz CT molecular complexity index is 835. The lowest BCUT2D eigenvalue weighted by atomic mass is 10.0. The first-order valence-electron chi connectivity index (χ1n) is 7.90. The van der Waals surface area contributed by atoms with E-state index in [1.165, 1.54) is 12.1 Å². The number of amides is 1. The molecule has 1 amide bonds. The Morgan fingerprint density at radius 3 is 2.46 bits per heavy atom. The van der Waals surface area contributed by atoms with Crippen molar-refractivity contribution in [2.45, 2.75) is 13.8 Å². The quantitative estimate of drug-likeness (QED) is 0.714. The van der Waals surface area contributed by atoms with Crippen LogP contribution in [0.3, 0.4) is 0 Å². The fourth-order valence-corrected chi connectivity index (χ4v) is 2.62. The molecule has 0 atom stereocenters. The first kappa shape index (κ1) is 19.8. The number of benzene rings is 2. The standard InChI is InChI=1S/C19H20ClNO5/c1-11-8-12(2)16(10-14(11)19(23)24)21-18(22)15-9-13(20)4-5-17(15)26-7-6-25-3/h4-5,8-10H,6-7H2,1-3H3,(H,21,22)(H,23,24). The molecule has 0 spiro atoms. The van der Waals surface area contributed by atoms with Gasteiger partial charge in [-0.3, -0.25) is 4.79 Å². The number of carboxylic acids is 1. The van der Waals surface area contributed by atoms with Gasteiger partial charge < -0.3 is 19.9 Å². The molecule has 2 aromatic carbocycles. The van der Waals surface area contributed by atoms with Gasteiger partial charge in [0, 0.05) is 17.8 Å². The van der Waals surface area contributed by atoms with Crippen molar-refractivity contribution in [3.63, 3.8) is 0 Å². The minimum absolute atomic E-state index is 0.133. The molecule has 0 aliphatic heterocycles. The summed E-state index contributed by atoms with van der Waals surface area (Å²) in [5.41, 5.74) is 2.18. The van der Waals surface area contributed by atoms with Crippen LogP contribution < -0.4 is 10.1 Å². The summed E-state index contributed by atoms with van der Waals surface area (Å²) in [6, 6.07) is 7.90. The second kappa shape index (κ2) is 8.69. The van der Waals surface area contributed by atoms with E-state index in [9.17, 15) is 14.7 Å². The Labute approximate surface area is 156 Å². The molecular weight excluding hydrogens is 358 g/mol. The van der Waals surface area contributed by atoms with Crippen LogP contribution in [0.4, 0.5) is 5.69 Å². The molecule has 26 heavy (non-hydrogen) atoms. The van der Waals surface area contributed by atoms with Crippen molar-refractivity contribution in [2.75, 3.05) is 25.6 Å². The topological polar surface area (TPSA) is 84.9 Å². The molecule has 0 bridgehead atoms. The minimum Gasteiger partial charge on any atom is -0.490 e. The number of aryl methyl sites for hydroxylation is 2. The molecule has 0 heterocycles. The van der Waals surface area contributed by atoms with Crippen molar-refractivity contribution in [3.05, 3.63) is 57.6 Å². The first-order valence-corrected chi connectivity index (χ1v) is 8.28. The maximum atomic E-state index is 12.7. The summed E-state index contributed by atoms with van der Waals surface area (Å²) in [6.07, 6.45) is 0. The fraction of sp³-hybridized carbons (Fsp3) is 0.263. The Kier molecular flexibility index (Phi) is 6.60. The van der Waals surface area contributed by atoms with Crippen LogP contribution >= 0.6 is 11.6 Å². The monoisotopic (exact) mass is 377 g/mol. The number of carbonyl (C=O) groups excluding carboxylic acids is 1. The van der Waals surface area contributed by atoms with Gasteiger partial charge in [0.25, 0.3) is 5.91 Å². The number of carbonyl (C=O) groups is 2. The lowest BCUT2D eigenvalue weighted by Crippen LogP contribution is -2.16. The number of ether oxygens (including phenoxy) is 2. The van der Waals surface area contributed by atoms with E-state index in [0.717, 1.165) is 5.56 Å². The van der Waals surface area contributed by atoms with Gasteiger partial charge >= 0.3 is 5.97 Å². The third kappa shape index (κ3) is 4.74. The minimum atomic E-state index is -1.05. The summed E-state index contributed by atoms with van der Waals surface area (Å²) in [4.78, 5) is 24.0. The fourth-order valence-electron chi connectivity index (χ4n) is 2.45. The molecule has 0 saturated carbocycles. The highest BCUT2D eigenvalue weighted by molar-refractivity contribution is 6.31. The SMILES string of the molecule is COCCOc1ccc(Cl)cc1C(=O)Nc1cc(C(=O)O)c(C)cc1C. The first-order chi connectivity index (χ1) is 12.3. The van der Waals surface area contributed by atoms with Crippen LogP contribution in [0.5, 0.6) is 5.75 Å². The van der Waals surface area contributed by atoms with Gasteiger partial charge in [-0.05, 0) is 49.2 Å². The maximum Gasteiger partial charge on any atom is 0.336 e. The van der Waals surface area contributed by atoms with Gasteiger partial charge in [-0.15, -0.1) is 0 Å². The third-order valence-electron chi connectivity index (χ3n) is 3.78. The summed E-state index contributed by atoms with van der Waals surface area (Å²) < 4.78 is 10.5. The van der Waals surface area contributed by atoms with Crippen molar-refractivity contribution in [1.82, 2.24) is 0 Å². The number of nitrogens with one attached hydrogen (secondary N) is 1. The maximum absolute atomic E-state index is 12.7. The molecule has 6 nitrogen and oxygen atoms in total. The van der Waals surface area contributed by atoms with Crippen LogP contribution in [0.15, 0.2) is 30.3 Å². The van der Waals surface area contributed by atoms with Crippen molar-refractivity contribution < 1.29 is 24.2 Å². The van der Waals surface area contributed by atoms with E-state index in [0.29, 0.717) is 28.6 Å². The normalized spacial score (nSPS) is 10.5. The zero-order chi connectivity index (χ0) is 19.3. The van der Waals surface area contributed by atoms with Crippen LogP contribution in [-0.4, -0.2) is 37.3 Å². The number of anilines is 1. The smallest absolute Gasteiger partial charge is 0.336 e. The molecule has 0 aliphatic carbocycles. The molecule has 7 heteroatoms. The average molecular weight is 378 g/mol. The molecule has 2 N–H and O–H groups in total. The Hall–Kier alpha value is -2.57. The van der Waals surface area contributed by atoms with Gasteiger partial charge in [0.2, 0.25) is 0 Å². The van der Waals surface area contributed by atoms with Crippen LogP contribution in [0.2, 0.25) is 5.02 Å². The third-order valence-corrected chi connectivity index (χ3v) is 4.02. The molecule has 0 aliphatic rings. The number of hydrogen-bond acceptors (Lipinski definition) is 4. The molecule has 0 saturated heterocycles. The molecule has 138 valence electrons. The second-order valence-corrected chi connectivity index (χ2v) is 6.16. The molecule has 0 fully saturated rings. The molecular formula is C19H20ClNO5. The summed E-state index contributed by atoms with van der Waals surface area (Å²) in [5, 5.41) is 12.4. The van der Waals surface area contributed by atoms with Crippen molar-refractivity contribution >= 4 is 29.2 Å². The molecule has 2 aromatic rings. The molecule has 0 aromatic heterocycles. The lowest BCUT2D eigenvalue weighted by Gasteiger charge is -2.14. The number of aromatic carboxylic acids is 1. The number of halogens is 1. The highest BCUT2D eigenvalue weighted by atomic mass is 35.5. The molecule has 0 unspecified atom stereocenters. The van der Waals surface area contributed by atoms with Gasteiger partial charge in [-0.25, -0.2) is 4.79 Å². The molecule has 2 rings (SSSR count). The van der Waals surface area contributed by atoms with E-state index >= 15 is 0 Å². The van der Waals surface area contributed by atoms with Gasteiger partial charge in [0.1, 0.15) is 12.4 Å². The predicted molar refractivity (Wildman–Crippen MR) is 99.7 cm³/mol. The Balaban J connectivity index is 2.31. The zero-order valence-corrected chi connectivity index (χ0v) is 15.5.